The summed E-state index contributed by atoms with van der Waals surface area (Å²) < 4.78 is 5.50. The van der Waals surface area contributed by atoms with Gasteiger partial charge in [-0.2, -0.15) is 10.4 Å². The molecule has 0 saturated heterocycles. The number of hydrogen-bond donors (Lipinski definition) is 1. The molecule has 1 heterocycles. The zero-order valence-electron chi connectivity index (χ0n) is 13.6. The molecule has 1 aromatic rings. The van der Waals surface area contributed by atoms with Crippen LogP contribution < -0.4 is 5.32 Å². The van der Waals surface area contributed by atoms with E-state index in [0.717, 1.165) is 50.1 Å². The third-order valence-corrected chi connectivity index (χ3v) is 3.27. The van der Waals surface area contributed by atoms with Gasteiger partial charge in [-0.3, -0.25) is 0 Å². The van der Waals surface area contributed by atoms with E-state index in [1.165, 1.54) is 0 Å². The topological polar surface area (TPSA) is 70.8 Å². The van der Waals surface area contributed by atoms with E-state index in [9.17, 15) is 5.26 Å². The summed E-state index contributed by atoms with van der Waals surface area (Å²) in [6.45, 7) is 9.70. The molecule has 0 bridgehead atoms. The Bertz CT molecular complexity index is 480. The second-order valence-electron chi connectivity index (χ2n) is 5.22. The van der Waals surface area contributed by atoms with Gasteiger partial charge in [0.2, 0.25) is 0 Å². The van der Waals surface area contributed by atoms with Crippen LogP contribution in [0.2, 0.25) is 0 Å². The summed E-state index contributed by atoms with van der Waals surface area (Å²) in [7, 11) is 0. The average molecular weight is 290 g/mol. The fourth-order valence-corrected chi connectivity index (χ4v) is 2.17. The van der Waals surface area contributed by atoms with E-state index >= 15 is 0 Å². The second kappa shape index (κ2) is 9.30. The van der Waals surface area contributed by atoms with Crippen LogP contribution in [0.1, 0.15) is 57.4 Å². The zero-order chi connectivity index (χ0) is 15.7. The molecule has 1 N–H and O–H groups in total. The number of hydrogen-bond acceptors (Lipinski definition) is 5. The summed E-state index contributed by atoms with van der Waals surface area (Å²) in [5.74, 6) is 0.608. The van der Waals surface area contributed by atoms with Crippen molar-refractivity contribution in [3.05, 3.63) is 16.8 Å². The lowest BCUT2D eigenvalue weighted by Gasteiger charge is -2.12. The summed E-state index contributed by atoms with van der Waals surface area (Å²) in [6.07, 6.45) is 3.86. The summed E-state index contributed by atoms with van der Waals surface area (Å²) >= 11 is 0. The van der Waals surface area contributed by atoms with Gasteiger partial charge in [-0.15, -0.1) is 5.10 Å². The Morgan fingerprint density at radius 3 is 2.52 bits per heavy atom. The van der Waals surface area contributed by atoms with Crippen molar-refractivity contribution in [3.8, 4) is 6.07 Å². The Labute approximate surface area is 127 Å². The lowest BCUT2D eigenvalue weighted by atomic mass is 10.0. The van der Waals surface area contributed by atoms with Crippen LogP contribution in [0.4, 0.5) is 5.82 Å². The van der Waals surface area contributed by atoms with Crippen molar-refractivity contribution in [1.82, 2.24) is 10.2 Å². The summed E-state index contributed by atoms with van der Waals surface area (Å²) in [6, 6.07) is 2.27. The fourth-order valence-electron chi connectivity index (χ4n) is 2.17. The second-order valence-corrected chi connectivity index (χ2v) is 5.22. The van der Waals surface area contributed by atoms with Gasteiger partial charge in [-0.05, 0) is 45.1 Å². The minimum atomic E-state index is 0.280. The lowest BCUT2D eigenvalue weighted by Crippen LogP contribution is -2.12. The maximum atomic E-state index is 9.37. The quantitative estimate of drug-likeness (QED) is 0.708. The molecule has 0 saturated carbocycles. The standard InChI is InChI=1S/C16H26N4O/c1-5-13-14(11-17)16(20-19-15(13)6-2)18-9-7-8-10-21-12(3)4/h12H,5-10H2,1-4H3,(H,18,20). The number of rotatable bonds is 9. The van der Waals surface area contributed by atoms with Gasteiger partial charge in [0.25, 0.3) is 0 Å². The third-order valence-electron chi connectivity index (χ3n) is 3.27. The Kier molecular flexibility index (Phi) is 7.70. The molecule has 0 aliphatic rings. The Hall–Kier alpha value is -1.67. The number of aryl methyl sites for hydroxylation is 1. The number of nitriles is 1. The lowest BCUT2D eigenvalue weighted by molar-refractivity contribution is 0.0765. The van der Waals surface area contributed by atoms with Gasteiger partial charge in [-0.25, -0.2) is 0 Å². The first-order chi connectivity index (χ1) is 10.1. The number of nitrogens with zero attached hydrogens (tertiary/aromatic N) is 3. The highest BCUT2D eigenvalue weighted by molar-refractivity contribution is 5.56. The van der Waals surface area contributed by atoms with Crippen LogP contribution in [0.25, 0.3) is 0 Å². The van der Waals surface area contributed by atoms with E-state index < -0.39 is 0 Å². The van der Waals surface area contributed by atoms with Crippen LogP contribution in [-0.4, -0.2) is 29.5 Å². The summed E-state index contributed by atoms with van der Waals surface area (Å²) in [4.78, 5) is 0. The van der Waals surface area contributed by atoms with Crippen LogP contribution in [0.5, 0.6) is 0 Å². The predicted octanol–water partition coefficient (Wildman–Crippen LogP) is 3.09. The Morgan fingerprint density at radius 2 is 1.95 bits per heavy atom. The molecule has 21 heavy (non-hydrogen) atoms. The van der Waals surface area contributed by atoms with Gasteiger partial charge in [0.15, 0.2) is 5.82 Å². The van der Waals surface area contributed by atoms with E-state index in [4.69, 9.17) is 4.74 Å². The Morgan fingerprint density at radius 1 is 1.19 bits per heavy atom. The third kappa shape index (κ3) is 5.31. The first kappa shape index (κ1) is 17.4. The Balaban J connectivity index is 2.58. The van der Waals surface area contributed by atoms with Gasteiger partial charge in [0, 0.05) is 13.2 Å². The summed E-state index contributed by atoms with van der Waals surface area (Å²) in [5.41, 5.74) is 2.58. The van der Waals surface area contributed by atoms with E-state index in [1.54, 1.807) is 0 Å². The molecule has 116 valence electrons. The minimum absolute atomic E-state index is 0.280. The highest BCUT2D eigenvalue weighted by Gasteiger charge is 2.13. The van der Waals surface area contributed by atoms with E-state index in [2.05, 4.69) is 21.6 Å². The van der Waals surface area contributed by atoms with Crippen molar-refractivity contribution in [3.63, 3.8) is 0 Å². The number of aromatic nitrogens is 2. The zero-order valence-corrected chi connectivity index (χ0v) is 13.6. The first-order valence-electron chi connectivity index (χ1n) is 7.77. The van der Waals surface area contributed by atoms with Gasteiger partial charge in [-0.1, -0.05) is 13.8 Å². The van der Waals surface area contributed by atoms with Crippen molar-refractivity contribution in [2.75, 3.05) is 18.5 Å². The fraction of sp³-hybridized carbons (Fsp3) is 0.688. The van der Waals surface area contributed by atoms with Crippen LogP contribution in [-0.2, 0) is 17.6 Å². The molecule has 1 aromatic heterocycles. The molecule has 0 aromatic carbocycles. The van der Waals surface area contributed by atoms with Crippen LogP contribution in [0.3, 0.4) is 0 Å². The van der Waals surface area contributed by atoms with Crippen LogP contribution in [0.15, 0.2) is 0 Å². The molecule has 5 heteroatoms. The minimum Gasteiger partial charge on any atom is -0.379 e. The van der Waals surface area contributed by atoms with E-state index in [-0.39, 0.29) is 6.10 Å². The van der Waals surface area contributed by atoms with Crippen molar-refractivity contribution >= 4 is 5.82 Å². The molecule has 1 rings (SSSR count). The SMILES string of the molecule is CCc1nnc(NCCCCOC(C)C)c(C#N)c1CC. The van der Waals surface area contributed by atoms with E-state index in [0.29, 0.717) is 11.4 Å². The van der Waals surface area contributed by atoms with Crippen molar-refractivity contribution < 1.29 is 4.74 Å². The molecular weight excluding hydrogens is 264 g/mol. The van der Waals surface area contributed by atoms with Crippen LogP contribution >= 0.6 is 0 Å². The summed E-state index contributed by atoms with van der Waals surface area (Å²) in [5, 5.41) is 21.0. The molecule has 0 spiro atoms. The molecular formula is C16H26N4O. The maximum Gasteiger partial charge on any atom is 0.166 e. The largest absolute Gasteiger partial charge is 0.379 e. The normalized spacial score (nSPS) is 10.7. The van der Waals surface area contributed by atoms with Gasteiger partial charge in [0.05, 0.1) is 11.8 Å². The smallest absolute Gasteiger partial charge is 0.166 e. The highest BCUT2D eigenvalue weighted by atomic mass is 16.5. The number of nitrogens with one attached hydrogen (secondary N) is 1. The molecule has 0 atom stereocenters. The van der Waals surface area contributed by atoms with Crippen molar-refractivity contribution in [2.24, 2.45) is 0 Å². The molecule has 0 amide bonds. The predicted molar refractivity (Wildman–Crippen MR) is 84.3 cm³/mol. The molecule has 0 aliphatic carbocycles. The monoisotopic (exact) mass is 290 g/mol. The first-order valence-corrected chi connectivity index (χ1v) is 7.77. The average Bonchev–Trinajstić information content (AvgIpc) is 2.49. The van der Waals surface area contributed by atoms with Gasteiger partial charge >= 0.3 is 0 Å². The van der Waals surface area contributed by atoms with Crippen LogP contribution in [0, 0.1) is 11.3 Å². The molecule has 0 fully saturated rings. The van der Waals surface area contributed by atoms with Crippen molar-refractivity contribution in [2.45, 2.75) is 59.5 Å². The van der Waals surface area contributed by atoms with E-state index in [1.807, 2.05) is 27.7 Å². The highest BCUT2D eigenvalue weighted by Crippen LogP contribution is 2.19. The van der Waals surface area contributed by atoms with Gasteiger partial charge in [0.1, 0.15) is 11.6 Å². The maximum absolute atomic E-state index is 9.37. The van der Waals surface area contributed by atoms with Gasteiger partial charge < -0.3 is 10.1 Å². The molecule has 5 nitrogen and oxygen atoms in total. The number of anilines is 1. The molecule has 0 unspecified atom stereocenters. The number of ether oxygens (including phenoxy) is 1. The van der Waals surface area contributed by atoms with Crippen molar-refractivity contribution in [1.29, 1.82) is 5.26 Å². The molecule has 0 aliphatic heterocycles. The molecule has 0 radical (unpaired) electrons. The number of unbranched alkanes of at least 4 members (excludes halogenated alkanes) is 1.